The number of amides is 2. The van der Waals surface area contributed by atoms with Gasteiger partial charge in [0.2, 0.25) is 0 Å². The lowest BCUT2D eigenvalue weighted by atomic mass is 10.1. The molecule has 0 aliphatic carbocycles. The molecular weight excluding hydrogens is 352 g/mol. The van der Waals surface area contributed by atoms with Crippen molar-refractivity contribution in [3.8, 4) is 5.75 Å². The summed E-state index contributed by atoms with van der Waals surface area (Å²) in [5, 5.41) is 14.4. The van der Waals surface area contributed by atoms with Gasteiger partial charge in [-0.3, -0.25) is 4.79 Å². The Morgan fingerprint density at radius 3 is 2.72 bits per heavy atom. The number of anilines is 1. The second kappa shape index (κ2) is 7.18. The number of benzene rings is 1. The molecule has 0 radical (unpaired) electrons. The summed E-state index contributed by atoms with van der Waals surface area (Å²) in [7, 11) is 0. The standard InChI is InChI=1S/C16H19ClN2O6/c1-16(2,3)25-15(23)19-10(14(21)22)7-11-13(20)18-9-6-4-5-8(17)12(9)24-11/h4-6,10-11H,7H2,1-3H3,(H,18,20)(H,19,23)(H,21,22)/t10?,11-/m0/s1. The Hall–Kier alpha value is -2.48. The van der Waals surface area contributed by atoms with Crippen molar-refractivity contribution in [3.63, 3.8) is 0 Å². The number of alkyl carbamates (subject to hydrolysis) is 1. The fraction of sp³-hybridized carbons (Fsp3) is 0.438. The minimum Gasteiger partial charge on any atom is -0.480 e. The number of hydrogen-bond acceptors (Lipinski definition) is 5. The van der Waals surface area contributed by atoms with Crippen LogP contribution in [0, 0.1) is 0 Å². The topological polar surface area (TPSA) is 114 Å². The maximum Gasteiger partial charge on any atom is 0.408 e. The Kier molecular flexibility index (Phi) is 5.42. The molecule has 0 saturated carbocycles. The Morgan fingerprint density at radius 2 is 2.12 bits per heavy atom. The first-order valence-electron chi connectivity index (χ1n) is 7.55. The summed E-state index contributed by atoms with van der Waals surface area (Å²) in [4.78, 5) is 35.3. The van der Waals surface area contributed by atoms with Crippen LogP contribution in [0.2, 0.25) is 5.02 Å². The molecule has 1 aromatic rings. The molecule has 25 heavy (non-hydrogen) atoms. The minimum atomic E-state index is -1.37. The van der Waals surface area contributed by atoms with E-state index in [2.05, 4.69) is 10.6 Å². The molecule has 1 aromatic carbocycles. The molecule has 8 nitrogen and oxygen atoms in total. The van der Waals surface area contributed by atoms with Gasteiger partial charge in [-0.2, -0.15) is 0 Å². The van der Waals surface area contributed by atoms with Gasteiger partial charge in [-0.25, -0.2) is 9.59 Å². The number of ether oxygens (including phenoxy) is 2. The maximum atomic E-state index is 12.1. The zero-order valence-corrected chi connectivity index (χ0v) is 14.7. The maximum absolute atomic E-state index is 12.1. The van der Waals surface area contributed by atoms with Crippen LogP contribution >= 0.6 is 11.6 Å². The third-order valence-electron chi connectivity index (χ3n) is 3.22. The number of carboxylic acid groups (broad SMARTS) is 1. The van der Waals surface area contributed by atoms with Gasteiger partial charge in [0.25, 0.3) is 5.91 Å². The third kappa shape index (κ3) is 4.99. The molecule has 2 rings (SSSR count). The fourth-order valence-electron chi connectivity index (χ4n) is 2.18. The van der Waals surface area contributed by atoms with E-state index >= 15 is 0 Å². The van der Waals surface area contributed by atoms with Gasteiger partial charge >= 0.3 is 12.1 Å². The summed E-state index contributed by atoms with van der Waals surface area (Å²) in [6.45, 7) is 4.96. The number of carbonyl (C=O) groups excluding carboxylic acids is 2. The van der Waals surface area contributed by atoms with Crippen LogP contribution in [-0.2, 0) is 14.3 Å². The molecule has 0 fully saturated rings. The zero-order valence-electron chi connectivity index (χ0n) is 14.0. The van der Waals surface area contributed by atoms with Crippen molar-refractivity contribution in [2.45, 2.75) is 44.9 Å². The first kappa shape index (κ1) is 18.9. The van der Waals surface area contributed by atoms with E-state index in [1.807, 2.05) is 0 Å². The molecule has 1 heterocycles. The molecule has 2 atom stereocenters. The van der Waals surface area contributed by atoms with Crippen molar-refractivity contribution in [1.29, 1.82) is 0 Å². The molecule has 2 amide bonds. The highest BCUT2D eigenvalue weighted by Crippen LogP contribution is 2.37. The number of nitrogens with one attached hydrogen (secondary N) is 2. The van der Waals surface area contributed by atoms with Gasteiger partial charge in [0, 0.05) is 6.42 Å². The van der Waals surface area contributed by atoms with E-state index in [4.69, 9.17) is 21.1 Å². The molecule has 0 spiro atoms. The van der Waals surface area contributed by atoms with Crippen LogP contribution in [0.15, 0.2) is 18.2 Å². The Bertz CT molecular complexity index is 700. The number of rotatable bonds is 4. The number of hydrogen-bond donors (Lipinski definition) is 3. The van der Waals surface area contributed by atoms with Crippen molar-refractivity contribution in [3.05, 3.63) is 23.2 Å². The lowest BCUT2D eigenvalue weighted by Crippen LogP contribution is -2.48. The van der Waals surface area contributed by atoms with Crippen molar-refractivity contribution in [2.24, 2.45) is 0 Å². The third-order valence-corrected chi connectivity index (χ3v) is 3.51. The summed E-state index contributed by atoms with van der Waals surface area (Å²) < 4.78 is 10.6. The predicted molar refractivity (Wildman–Crippen MR) is 89.9 cm³/mol. The second-order valence-electron chi connectivity index (χ2n) is 6.49. The Morgan fingerprint density at radius 1 is 1.44 bits per heavy atom. The van der Waals surface area contributed by atoms with E-state index in [9.17, 15) is 19.5 Å². The number of halogens is 1. The molecule has 136 valence electrons. The monoisotopic (exact) mass is 370 g/mol. The molecule has 1 unspecified atom stereocenters. The van der Waals surface area contributed by atoms with Crippen LogP contribution in [0.25, 0.3) is 0 Å². The van der Waals surface area contributed by atoms with Crippen molar-refractivity contribution < 1.29 is 29.0 Å². The average Bonchev–Trinajstić information content (AvgIpc) is 2.46. The quantitative estimate of drug-likeness (QED) is 0.749. The summed E-state index contributed by atoms with van der Waals surface area (Å²) in [6.07, 6.45) is -2.30. The smallest absolute Gasteiger partial charge is 0.408 e. The first-order valence-corrected chi connectivity index (χ1v) is 7.93. The Balaban J connectivity index is 2.09. The SMILES string of the molecule is CC(C)(C)OC(=O)NC(C[C@@H]1Oc2c(Cl)cccc2NC1=O)C(=O)O. The summed E-state index contributed by atoms with van der Waals surface area (Å²) >= 11 is 6.03. The molecule has 9 heteroatoms. The summed E-state index contributed by atoms with van der Waals surface area (Å²) in [5.41, 5.74) is -0.376. The summed E-state index contributed by atoms with van der Waals surface area (Å²) in [5.74, 6) is -1.57. The molecular formula is C16H19ClN2O6. The van der Waals surface area contributed by atoms with Crippen LogP contribution in [0.3, 0.4) is 0 Å². The van der Waals surface area contributed by atoms with Gasteiger partial charge < -0.3 is 25.2 Å². The highest BCUT2D eigenvalue weighted by molar-refractivity contribution is 6.32. The number of carbonyl (C=O) groups is 3. The molecule has 3 N–H and O–H groups in total. The average molecular weight is 371 g/mol. The fourth-order valence-corrected chi connectivity index (χ4v) is 2.40. The van der Waals surface area contributed by atoms with E-state index in [-0.39, 0.29) is 17.2 Å². The predicted octanol–water partition coefficient (Wildman–Crippen LogP) is 2.41. The number of aliphatic carboxylic acids is 1. The Labute approximate surface area is 149 Å². The number of carboxylic acids is 1. The van der Waals surface area contributed by atoms with Gasteiger partial charge in [-0.1, -0.05) is 17.7 Å². The molecule has 0 bridgehead atoms. The molecule has 0 aromatic heterocycles. The number of para-hydroxylation sites is 1. The second-order valence-corrected chi connectivity index (χ2v) is 6.89. The highest BCUT2D eigenvalue weighted by Gasteiger charge is 2.35. The van der Waals surface area contributed by atoms with Crippen LogP contribution in [0.5, 0.6) is 5.75 Å². The number of fused-ring (bicyclic) bond motifs is 1. The van der Waals surface area contributed by atoms with Gasteiger partial charge in [-0.05, 0) is 32.9 Å². The highest BCUT2D eigenvalue weighted by atomic mass is 35.5. The zero-order chi connectivity index (χ0) is 18.8. The lowest BCUT2D eigenvalue weighted by molar-refractivity contribution is -0.140. The molecule has 1 aliphatic heterocycles. The van der Waals surface area contributed by atoms with Crippen molar-refractivity contribution in [1.82, 2.24) is 5.32 Å². The van der Waals surface area contributed by atoms with E-state index in [1.165, 1.54) is 0 Å². The van der Waals surface area contributed by atoms with Crippen LogP contribution in [0.1, 0.15) is 27.2 Å². The first-order chi connectivity index (χ1) is 11.6. The van der Waals surface area contributed by atoms with Gasteiger partial charge in [0.05, 0.1) is 10.7 Å². The summed E-state index contributed by atoms with van der Waals surface area (Å²) in [6, 6.07) is 3.48. The normalized spacial score (nSPS) is 17.6. The van der Waals surface area contributed by atoms with E-state index < -0.39 is 35.7 Å². The van der Waals surface area contributed by atoms with E-state index in [0.29, 0.717) is 5.69 Å². The molecule has 1 aliphatic rings. The van der Waals surface area contributed by atoms with E-state index in [1.54, 1.807) is 39.0 Å². The minimum absolute atomic E-state index is 0.259. The van der Waals surface area contributed by atoms with E-state index in [0.717, 1.165) is 0 Å². The largest absolute Gasteiger partial charge is 0.480 e. The van der Waals surface area contributed by atoms with Gasteiger partial charge in [-0.15, -0.1) is 0 Å². The van der Waals surface area contributed by atoms with Crippen LogP contribution in [0.4, 0.5) is 10.5 Å². The van der Waals surface area contributed by atoms with Crippen molar-refractivity contribution >= 4 is 35.3 Å². The van der Waals surface area contributed by atoms with Crippen LogP contribution in [-0.4, -0.2) is 40.8 Å². The van der Waals surface area contributed by atoms with Crippen molar-refractivity contribution in [2.75, 3.05) is 5.32 Å². The van der Waals surface area contributed by atoms with Crippen LogP contribution < -0.4 is 15.4 Å². The molecule has 0 saturated heterocycles. The lowest BCUT2D eigenvalue weighted by Gasteiger charge is -2.28. The van der Waals surface area contributed by atoms with Gasteiger partial charge in [0.15, 0.2) is 11.9 Å². The van der Waals surface area contributed by atoms with Gasteiger partial charge in [0.1, 0.15) is 11.6 Å².